The number of nitrogens with one attached hydrogen (secondary N) is 1. The number of nitriles is 1. The number of nitro benzene ring substituents is 1. The van der Waals surface area contributed by atoms with E-state index < -0.39 is 10.8 Å². The molecule has 2 aromatic carbocycles. The first-order valence-corrected chi connectivity index (χ1v) is 7.56. The number of carbonyl (C=O) groups excluding carboxylic acids is 1. The minimum absolute atomic E-state index is 0.125. The van der Waals surface area contributed by atoms with Crippen molar-refractivity contribution in [3.63, 3.8) is 0 Å². The quantitative estimate of drug-likeness (QED) is 0.391. The van der Waals surface area contributed by atoms with Gasteiger partial charge in [-0.2, -0.15) is 5.26 Å². The van der Waals surface area contributed by atoms with Crippen LogP contribution in [0.2, 0.25) is 0 Å². The van der Waals surface area contributed by atoms with E-state index in [4.69, 9.17) is 9.47 Å². The molecule has 8 nitrogen and oxygen atoms in total. The molecule has 0 aromatic heterocycles. The summed E-state index contributed by atoms with van der Waals surface area (Å²) >= 11 is 0. The summed E-state index contributed by atoms with van der Waals surface area (Å²) in [7, 11) is 0. The predicted molar refractivity (Wildman–Crippen MR) is 92.6 cm³/mol. The summed E-state index contributed by atoms with van der Waals surface area (Å²) in [5, 5.41) is 22.7. The highest BCUT2D eigenvalue weighted by Gasteiger charge is 2.16. The average Bonchev–Trinajstić information content (AvgIpc) is 3.08. The van der Waals surface area contributed by atoms with Gasteiger partial charge in [-0.15, -0.1) is 0 Å². The molecule has 0 bridgehead atoms. The van der Waals surface area contributed by atoms with Crippen molar-refractivity contribution >= 4 is 23.4 Å². The highest BCUT2D eigenvalue weighted by Crippen LogP contribution is 2.33. The molecule has 1 heterocycles. The first kappa shape index (κ1) is 17.0. The summed E-state index contributed by atoms with van der Waals surface area (Å²) in [4.78, 5) is 22.7. The van der Waals surface area contributed by atoms with Crippen molar-refractivity contribution in [1.29, 1.82) is 5.26 Å². The molecular weight excluding hydrogens is 338 g/mol. The third-order valence-corrected chi connectivity index (χ3v) is 3.75. The van der Waals surface area contributed by atoms with Gasteiger partial charge in [-0.3, -0.25) is 14.9 Å². The molecular formula is C18H13N3O5. The Morgan fingerprint density at radius 1 is 1.27 bits per heavy atom. The maximum absolute atomic E-state index is 12.4. The smallest absolute Gasteiger partial charge is 0.271 e. The van der Waals surface area contributed by atoms with Crippen LogP contribution in [0, 0.1) is 28.4 Å². The van der Waals surface area contributed by atoms with Gasteiger partial charge in [-0.25, -0.2) is 0 Å². The molecule has 1 aliphatic rings. The lowest BCUT2D eigenvalue weighted by atomic mass is 10.1. The van der Waals surface area contributed by atoms with Gasteiger partial charge in [0.1, 0.15) is 11.6 Å². The monoisotopic (exact) mass is 351 g/mol. The molecule has 0 unspecified atom stereocenters. The molecule has 0 fully saturated rings. The Bertz CT molecular complexity index is 975. The van der Waals surface area contributed by atoms with Crippen LogP contribution in [0.1, 0.15) is 11.1 Å². The molecule has 3 rings (SSSR count). The number of nitro groups is 1. The number of rotatable bonds is 4. The second-order valence-electron chi connectivity index (χ2n) is 5.49. The van der Waals surface area contributed by atoms with Gasteiger partial charge in [0.15, 0.2) is 11.5 Å². The predicted octanol–water partition coefficient (Wildman–Crippen LogP) is 3.18. The molecule has 1 aliphatic heterocycles. The highest BCUT2D eigenvalue weighted by molar-refractivity contribution is 6.10. The number of benzene rings is 2. The summed E-state index contributed by atoms with van der Waals surface area (Å²) in [6.45, 7) is 1.83. The minimum Gasteiger partial charge on any atom is -0.454 e. The van der Waals surface area contributed by atoms with Crippen LogP contribution < -0.4 is 14.8 Å². The largest absolute Gasteiger partial charge is 0.454 e. The van der Waals surface area contributed by atoms with E-state index in [2.05, 4.69) is 5.32 Å². The van der Waals surface area contributed by atoms with Crippen LogP contribution >= 0.6 is 0 Å². The number of amides is 1. The molecule has 0 saturated heterocycles. The minimum atomic E-state index is -0.659. The fourth-order valence-electron chi connectivity index (χ4n) is 2.37. The lowest BCUT2D eigenvalue weighted by Gasteiger charge is -2.07. The van der Waals surface area contributed by atoms with E-state index in [9.17, 15) is 20.2 Å². The van der Waals surface area contributed by atoms with Crippen LogP contribution in [0.4, 0.5) is 11.4 Å². The first-order valence-electron chi connectivity index (χ1n) is 7.56. The average molecular weight is 351 g/mol. The Kier molecular flexibility index (Phi) is 4.53. The Balaban J connectivity index is 1.85. The maximum Gasteiger partial charge on any atom is 0.271 e. The molecule has 1 amide bonds. The summed E-state index contributed by atoms with van der Waals surface area (Å²) in [6, 6.07) is 11.0. The van der Waals surface area contributed by atoms with Gasteiger partial charge in [0.25, 0.3) is 11.6 Å². The standard InChI is InChI=1S/C18H13N3O5/c1-11-2-4-14(21(23)24)8-15(11)20-18(22)13(9-19)6-12-3-5-16-17(7-12)26-10-25-16/h2-8H,10H2,1H3,(H,20,22)/b13-6+. The summed E-state index contributed by atoms with van der Waals surface area (Å²) in [5.41, 5.74) is 1.22. The van der Waals surface area contributed by atoms with E-state index in [1.54, 1.807) is 25.1 Å². The third-order valence-electron chi connectivity index (χ3n) is 3.75. The summed E-state index contributed by atoms with van der Waals surface area (Å²) in [6.07, 6.45) is 1.41. The number of anilines is 1. The summed E-state index contributed by atoms with van der Waals surface area (Å²) in [5.74, 6) is 0.470. The first-order chi connectivity index (χ1) is 12.5. The van der Waals surface area contributed by atoms with Crippen molar-refractivity contribution < 1.29 is 19.2 Å². The zero-order valence-electron chi connectivity index (χ0n) is 13.7. The van der Waals surface area contributed by atoms with E-state index in [-0.39, 0.29) is 23.7 Å². The zero-order chi connectivity index (χ0) is 18.7. The van der Waals surface area contributed by atoms with Gasteiger partial charge < -0.3 is 14.8 Å². The molecule has 130 valence electrons. The zero-order valence-corrected chi connectivity index (χ0v) is 13.7. The molecule has 0 saturated carbocycles. The van der Waals surface area contributed by atoms with Crippen molar-refractivity contribution in [1.82, 2.24) is 0 Å². The molecule has 8 heteroatoms. The number of ether oxygens (including phenoxy) is 2. The van der Waals surface area contributed by atoms with E-state index in [0.717, 1.165) is 0 Å². The topological polar surface area (TPSA) is 114 Å². The number of nitrogens with zero attached hydrogens (tertiary/aromatic N) is 2. The highest BCUT2D eigenvalue weighted by atomic mass is 16.7. The number of hydrogen-bond acceptors (Lipinski definition) is 6. The second kappa shape index (κ2) is 6.94. The van der Waals surface area contributed by atoms with Crippen LogP contribution in [0.25, 0.3) is 6.08 Å². The van der Waals surface area contributed by atoms with Crippen molar-refractivity contribution in [3.8, 4) is 17.6 Å². The van der Waals surface area contributed by atoms with Gasteiger partial charge in [-0.05, 0) is 36.3 Å². The van der Waals surface area contributed by atoms with Gasteiger partial charge in [0.05, 0.1) is 10.6 Å². The molecule has 0 spiro atoms. The Morgan fingerprint density at radius 3 is 2.77 bits per heavy atom. The molecule has 0 aliphatic carbocycles. The molecule has 0 atom stereocenters. The van der Waals surface area contributed by atoms with Crippen molar-refractivity contribution in [3.05, 3.63) is 63.2 Å². The lowest BCUT2D eigenvalue weighted by molar-refractivity contribution is -0.384. The van der Waals surface area contributed by atoms with Crippen molar-refractivity contribution in [2.45, 2.75) is 6.92 Å². The number of carbonyl (C=O) groups is 1. The third kappa shape index (κ3) is 3.47. The number of fused-ring (bicyclic) bond motifs is 1. The molecule has 0 radical (unpaired) electrons. The van der Waals surface area contributed by atoms with E-state index in [1.807, 2.05) is 6.07 Å². The van der Waals surface area contributed by atoms with Crippen LogP contribution in [-0.4, -0.2) is 17.6 Å². The van der Waals surface area contributed by atoms with Gasteiger partial charge in [0.2, 0.25) is 6.79 Å². The van der Waals surface area contributed by atoms with Crippen molar-refractivity contribution in [2.24, 2.45) is 0 Å². The molecule has 1 N–H and O–H groups in total. The Labute approximate surface area is 148 Å². The van der Waals surface area contributed by atoms with Gasteiger partial charge in [-0.1, -0.05) is 12.1 Å². The van der Waals surface area contributed by atoms with Crippen LogP contribution in [0.15, 0.2) is 42.0 Å². The number of non-ortho nitro benzene ring substituents is 1. The van der Waals surface area contributed by atoms with E-state index >= 15 is 0 Å². The number of aryl methyl sites for hydroxylation is 1. The molecule has 26 heavy (non-hydrogen) atoms. The summed E-state index contributed by atoms with van der Waals surface area (Å²) < 4.78 is 10.5. The number of hydrogen-bond donors (Lipinski definition) is 1. The fourth-order valence-corrected chi connectivity index (χ4v) is 2.37. The van der Waals surface area contributed by atoms with Crippen molar-refractivity contribution in [2.75, 3.05) is 12.1 Å². The van der Waals surface area contributed by atoms with E-state index in [0.29, 0.717) is 22.6 Å². The SMILES string of the molecule is Cc1ccc([N+](=O)[O-])cc1NC(=O)/C(C#N)=C/c1ccc2c(c1)OCO2. The molecule has 2 aromatic rings. The normalized spacial score (nSPS) is 12.4. The van der Waals surface area contributed by atoms with Crippen LogP contribution in [-0.2, 0) is 4.79 Å². The van der Waals surface area contributed by atoms with Gasteiger partial charge >= 0.3 is 0 Å². The van der Waals surface area contributed by atoms with Gasteiger partial charge in [0, 0.05) is 12.1 Å². The van der Waals surface area contributed by atoms with E-state index in [1.165, 1.54) is 24.3 Å². The fraction of sp³-hybridized carbons (Fsp3) is 0.111. The van der Waals surface area contributed by atoms with Crippen LogP contribution in [0.3, 0.4) is 0 Å². The lowest BCUT2D eigenvalue weighted by Crippen LogP contribution is -2.14. The Morgan fingerprint density at radius 2 is 2.04 bits per heavy atom. The van der Waals surface area contributed by atoms with Crippen LogP contribution in [0.5, 0.6) is 11.5 Å². The second-order valence-corrected chi connectivity index (χ2v) is 5.49. The maximum atomic E-state index is 12.4. The Hall–Kier alpha value is -3.86.